The number of nitrogens with two attached hydrogens (primary N) is 1. The van der Waals surface area contributed by atoms with Gasteiger partial charge in [-0.3, -0.25) is 0 Å². The summed E-state index contributed by atoms with van der Waals surface area (Å²) in [6, 6.07) is 46.0. The molecule has 2 heteroatoms. The summed E-state index contributed by atoms with van der Waals surface area (Å²) in [7, 11) is 0. The van der Waals surface area contributed by atoms with E-state index in [1.165, 1.54) is 71.6 Å². The monoisotopic (exact) mass is 732 g/mol. The predicted molar refractivity (Wildman–Crippen MR) is 246 cm³/mol. The molecule has 0 aromatic heterocycles. The molecule has 282 valence electrons. The van der Waals surface area contributed by atoms with Crippen LogP contribution in [0.3, 0.4) is 0 Å². The first kappa shape index (κ1) is 39.6. The number of hydrogen-bond acceptors (Lipinski definition) is 2. The molecule has 0 spiro atoms. The van der Waals surface area contributed by atoms with Crippen LogP contribution in [0.2, 0.25) is 0 Å². The third-order valence-corrected chi connectivity index (χ3v) is 10.7. The van der Waals surface area contributed by atoms with E-state index < -0.39 is 0 Å². The first-order valence-corrected chi connectivity index (χ1v) is 20.3. The highest BCUT2D eigenvalue weighted by atomic mass is 14.8. The Morgan fingerprint density at radius 2 is 1.29 bits per heavy atom. The lowest BCUT2D eigenvalue weighted by Gasteiger charge is -2.16. The van der Waals surface area contributed by atoms with Gasteiger partial charge in [-0.2, -0.15) is 0 Å². The quantitative estimate of drug-likeness (QED) is 0.130. The summed E-state index contributed by atoms with van der Waals surface area (Å²) in [5.74, 6) is 0. The van der Waals surface area contributed by atoms with E-state index in [0.717, 1.165) is 49.4 Å². The third kappa shape index (κ3) is 9.94. The number of anilines is 1. The van der Waals surface area contributed by atoms with Gasteiger partial charge in [0.1, 0.15) is 0 Å². The highest BCUT2D eigenvalue weighted by molar-refractivity contribution is 5.87. The molecule has 0 heterocycles. The molecule has 0 saturated heterocycles. The molecule has 0 saturated carbocycles. The number of rotatable bonds is 11. The summed E-state index contributed by atoms with van der Waals surface area (Å²) in [6.45, 7) is 8.82. The number of aryl methyl sites for hydroxylation is 3. The van der Waals surface area contributed by atoms with Gasteiger partial charge in [0.05, 0.1) is 0 Å². The van der Waals surface area contributed by atoms with E-state index in [0.29, 0.717) is 0 Å². The van der Waals surface area contributed by atoms with Crippen LogP contribution >= 0.6 is 0 Å². The van der Waals surface area contributed by atoms with Crippen molar-refractivity contribution >= 4 is 34.8 Å². The van der Waals surface area contributed by atoms with Crippen LogP contribution in [0.1, 0.15) is 69.2 Å². The molecule has 6 aromatic carbocycles. The molecule has 0 aliphatic heterocycles. The first-order valence-electron chi connectivity index (χ1n) is 20.3. The van der Waals surface area contributed by atoms with Gasteiger partial charge in [-0.05, 0) is 146 Å². The van der Waals surface area contributed by atoms with Crippen LogP contribution in [-0.2, 0) is 19.3 Å². The largest absolute Gasteiger partial charge is 0.405 e. The Bertz CT molecular complexity index is 2510. The second kappa shape index (κ2) is 20.0. The van der Waals surface area contributed by atoms with Crippen molar-refractivity contribution in [1.82, 2.24) is 0 Å². The maximum absolute atomic E-state index is 5.59. The van der Waals surface area contributed by atoms with Crippen molar-refractivity contribution < 1.29 is 0 Å². The van der Waals surface area contributed by atoms with Crippen LogP contribution in [0.15, 0.2) is 169 Å². The van der Waals surface area contributed by atoms with Gasteiger partial charge in [0, 0.05) is 11.9 Å². The average molecular weight is 733 g/mol. The van der Waals surface area contributed by atoms with Gasteiger partial charge in [0.25, 0.3) is 0 Å². The average Bonchev–Trinajstić information content (AvgIpc) is 3.26. The van der Waals surface area contributed by atoms with E-state index in [9.17, 15) is 0 Å². The van der Waals surface area contributed by atoms with Gasteiger partial charge in [-0.25, -0.2) is 0 Å². The first-order chi connectivity index (χ1) is 27.5. The number of allylic oxidation sites excluding steroid dienone is 6. The summed E-state index contributed by atoms with van der Waals surface area (Å²) in [5.41, 5.74) is 20.3. The SMILES string of the molecule is CCC(/C=C\C=c1/cccc/c1=C\Nc1ccc2ccccc2c1)=C(/C=C/N)CC.CCc1ccc(-c2ccccc2-c2ccc3c(c2)C=CCC3)cc1CC. The normalized spacial score (nSPS) is 13.5. The van der Waals surface area contributed by atoms with Crippen LogP contribution in [0.25, 0.3) is 51.4 Å². The zero-order valence-corrected chi connectivity index (χ0v) is 33.6. The van der Waals surface area contributed by atoms with Crippen molar-refractivity contribution in [2.75, 3.05) is 5.32 Å². The lowest BCUT2D eigenvalue weighted by atomic mass is 9.89. The fourth-order valence-corrected chi connectivity index (χ4v) is 7.57. The van der Waals surface area contributed by atoms with Crippen molar-refractivity contribution in [1.29, 1.82) is 0 Å². The third-order valence-electron chi connectivity index (χ3n) is 10.7. The van der Waals surface area contributed by atoms with Gasteiger partial charge in [-0.15, -0.1) is 0 Å². The molecular formula is C54H56N2. The molecule has 0 amide bonds. The maximum Gasteiger partial charge on any atom is 0.0386 e. The summed E-state index contributed by atoms with van der Waals surface area (Å²) in [6.07, 6.45) is 23.2. The molecule has 1 aliphatic rings. The Morgan fingerprint density at radius 3 is 2.02 bits per heavy atom. The van der Waals surface area contributed by atoms with Gasteiger partial charge < -0.3 is 11.1 Å². The zero-order chi connectivity index (χ0) is 39.1. The summed E-state index contributed by atoms with van der Waals surface area (Å²) in [4.78, 5) is 0. The van der Waals surface area contributed by atoms with Gasteiger partial charge in [-0.1, -0.05) is 167 Å². The van der Waals surface area contributed by atoms with E-state index in [1.54, 1.807) is 6.20 Å². The molecular weight excluding hydrogens is 677 g/mol. The van der Waals surface area contributed by atoms with E-state index in [1.807, 2.05) is 6.08 Å². The second-order valence-electron chi connectivity index (χ2n) is 14.2. The van der Waals surface area contributed by atoms with E-state index in [4.69, 9.17) is 5.73 Å². The minimum Gasteiger partial charge on any atom is -0.405 e. The van der Waals surface area contributed by atoms with Crippen molar-refractivity contribution in [3.05, 3.63) is 202 Å². The molecule has 2 nitrogen and oxygen atoms in total. The molecule has 3 N–H and O–H groups in total. The van der Waals surface area contributed by atoms with Gasteiger partial charge in [0.15, 0.2) is 0 Å². The topological polar surface area (TPSA) is 38.0 Å². The van der Waals surface area contributed by atoms with Crippen LogP contribution in [0.4, 0.5) is 5.69 Å². The number of hydrogen-bond donors (Lipinski definition) is 2. The molecule has 0 fully saturated rings. The summed E-state index contributed by atoms with van der Waals surface area (Å²) in [5, 5.41) is 8.25. The van der Waals surface area contributed by atoms with Crippen molar-refractivity contribution in [3.63, 3.8) is 0 Å². The highest BCUT2D eigenvalue weighted by Crippen LogP contribution is 2.35. The molecule has 7 rings (SSSR count). The summed E-state index contributed by atoms with van der Waals surface area (Å²) < 4.78 is 0. The van der Waals surface area contributed by atoms with Crippen LogP contribution < -0.4 is 21.5 Å². The Labute approximate surface area is 334 Å². The van der Waals surface area contributed by atoms with E-state index in [-0.39, 0.29) is 0 Å². The summed E-state index contributed by atoms with van der Waals surface area (Å²) >= 11 is 0. The Morgan fingerprint density at radius 1 is 0.625 bits per heavy atom. The van der Waals surface area contributed by atoms with Crippen molar-refractivity contribution in [2.24, 2.45) is 5.73 Å². The number of benzene rings is 6. The van der Waals surface area contributed by atoms with E-state index in [2.05, 4.69) is 197 Å². The second-order valence-corrected chi connectivity index (χ2v) is 14.2. The molecule has 0 atom stereocenters. The van der Waals surface area contributed by atoms with Crippen molar-refractivity contribution in [3.8, 4) is 22.3 Å². The lowest BCUT2D eigenvalue weighted by Crippen LogP contribution is -2.24. The smallest absolute Gasteiger partial charge is 0.0386 e. The highest BCUT2D eigenvalue weighted by Gasteiger charge is 2.12. The lowest BCUT2D eigenvalue weighted by molar-refractivity contribution is 0.986. The Balaban J connectivity index is 0.000000191. The van der Waals surface area contributed by atoms with Gasteiger partial charge >= 0.3 is 0 Å². The Kier molecular flexibility index (Phi) is 14.1. The molecule has 0 radical (unpaired) electrons. The van der Waals surface area contributed by atoms with Crippen LogP contribution in [-0.4, -0.2) is 0 Å². The minimum absolute atomic E-state index is 0.973. The number of fused-ring (bicyclic) bond motifs is 2. The molecule has 0 bridgehead atoms. The standard InChI is InChI=1S/C28H30N2.C26H26/c1-3-22(23(4-2)18-19-29)14-9-15-24-10-6-8-13-27(24)21-30-28-17-16-25-11-5-7-12-26(25)20-28;1-3-19-13-15-23(17-20(19)4-2)25-11-7-8-12-26(25)24-16-14-21-9-5-6-10-22(21)18-24/h5-21,30H,3-4,29H2,1-2H3;6-8,10-18H,3-5,9H2,1-2H3/b14-9-,19-18+,23-22-,24-15+,27-21+;. The fraction of sp³-hybridized carbons (Fsp3) is 0.185. The van der Waals surface area contributed by atoms with Crippen LogP contribution in [0, 0.1) is 0 Å². The molecule has 0 unspecified atom stereocenters. The minimum atomic E-state index is 0.973. The maximum atomic E-state index is 5.59. The molecule has 6 aromatic rings. The number of nitrogens with one attached hydrogen (secondary N) is 1. The fourth-order valence-electron chi connectivity index (χ4n) is 7.57. The van der Waals surface area contributed by atoms with Gasteiger partial charge in [0.2, 0.25) is 0 Å². The molecule has 56 heavy (non-hydrogen) atoms. The predicted octanol–water partition coefficient (Wildman–Crippen LogP) is 12.7. The molecule has 1 aliphatic carbocycles. The van der Waals surface area contributed by atoms with E-state index >= 15 is 0 Å². The zero-order valence-electron chi connectivity index (χ0n) is 33.6. The Hall–Kier alpha value is -6.12. The van der Waals surface area contributed by atoms with Crippen molar-refractivity contribution in [2.45, 2.75) is 66.2 Å². The van der Waals surface area contributed by atoms with Crippen LogP contribution in [0.5, 0.6) is 0 Å².